The lowest BCUT2D eigenvalue weighted by molar-refractivity contribution is -0.140. The first-order chi connectivity index (χ1) is 9.24. The Morgan fingerprint density at radius 1 is 1.26 bits per heavy atom. The predicted molar refractivity (Wildman–Crippen MR) is 68.2 cm³/mol. The number of hydrogen-bond donors (Lipinski definition) is 0. The minimum atomic E-state index is -0.516. The maximum absolute atomic E-state index is 12.9. The molecule has 0 aromatic heterocycles. The largest absolute Gasteiger partial charge is 0.382 e. The summed E-state index contributed by atoms with van der Waals surface area (Å²) < 4.78 is 12.9. The van der Waals surface area contributed by atoms with Gasteiger partial charge in [0.2, 0.25) is 6.10 Å². The zero-order valence-corrected chi connectivity index (χ0v) is 10.5. The summed E-state index contributed by atoms with van der Waals surface area (Å²) in [4.78, 5) is 19.2. The Morgan fingerprint density at radius 3 is 2.63 bits per heavy atom. The number of nitrogens with zero attached hydrogens (tertiary/aromatic N) is 2. The molecule has 0 radical (unpaired) electrons. The van der Waals surface area contributed by atoms with Crippen LogP contribution in [0, 0.1) is 5.82 Å². The van der Waals surface area contributed by atoms with Crippen LogP contribution in [0.25, 0.3) is 0 Å². The van der Waals surface area contributed by atoms with E-state index in [1.54, 1.807) is 12.1 Å². The lowest BCUT2D eigenvalue weighted by Crippen LogP contribution is -2.37. The van der Waals surface area contributed by atoms with Gasteiger partial charge in [0.25, 0.3) is 5.91 Å². The molecule has 19 heavy (non-hydrogen) atoms. The van der Waals surface area contributed by atoms with Crippen LogP contribution in [-0.4, -0.2) is 35.7 Å². The predicted octanol–water partition coefficient (Wildman–Crippen LogP) is 1.94. The van der Waals surface area contributed by atoms with Crippen molar-refractivity contribution < 1.29 is 14.0 Å². The molecule has 1 amide bonds. The van der Waals surface area contributed by atoms with Gasteiger partial charge in [-0.2, -0.15) is 0 Å². The molecule has 0 aliphatic carbocycles. The van der Waals surface area contributed by atoms with Crippen molar-refractivity contribution in [1.82, 2.24) is 4.90 Å². The van der Waals surface area contributed by atoms with E-state index in [-0.39, 0.29) is 11.7 Å². The summed E-state index contributed by atoms with van der Waals surface area (Å²) in [5.41, 5.74) is 1.51. The van der Waals surface area contributed by atoms with Crippen molar-refractivity contribution in [3.63, 3.8) is 0 Å². The number of carbonyl (C=O) groups excluding carboxylic acids is 1. The van der Waals surface area contributed by atoms with E-state index in [0.29, 0.717) is 12.1 Å². The molecule has 5 heteroatoms. The maximum Gasteiger partial charge on any atom is 0.266 e. The van der Waals surface area contributed by atoms with Crippen LogP contribution in [0.5, 0.6) is 0 Å². The zero-order chi connectivity index (χ0) is 13.2. The summed E-state index contributed by atoms with van der Waals surface area (Å²) >= 11 is 0. The van der Waals surface area contributed by atoms with Crippen LogP contribution < -0.4 is 0 Å². The highest BCUT2D eigenvalue weighted by molar-refractivity contribution is 6.04. The molecule has 2 heterocycles. The van der Waals surface area contributed by atoms with Crippen LogP contribution >= 0.6 is 0 Å². The summed E-state index contributed by atoms with van der Waals surface area (Å²) in [6.45, 7) is 1.62. The van der Waals surface area contributed by atoms with Crippen LogP contribution in [0.1, 0.15) is 24.8 Å². The maximum atomic E-state index is 12.9. The smallest absolute Gasteiger partial charge is 0.266 e. The third-order valence-corrected chi connectivity index (χ3v) is 3.54. The highest BCUT2D eigenvalue weighted by Crippen LogP contribution is 2.20. The molecule has 1 atom stereocenters. The van der Waals surface area contributed by atoms with Crippen molar-refractivity contribution in [2.24, 2.45) is 5.16 Å². The molecule has 1 saturated heterocycles. The highest BCUT2D eigenvalue weighted by atomic mass is 19.1. The van der Waals surface area contributed by atoms with Gasteiger partial charge in [-0.1, -0.05) is 17.3 Å². The zero-order valence-electron chi connectivity index (χ0n) is 10.5. The fourth-order valence-electron chi connectivity index (χ4n) is 2.46. The topological polar surface area (TPSA) is 41.9 Å². The number of halogens is 1. The minimum absolute atomic E-state index is 0.0124. The molecule has 3 rings (SSSR count). The molecule has 1 aromatic rings. The molecule has 0 bridgehead atoms. The molecule has 0 N–H and O–H groups in total. The molecular formula is C14H15FN2O2. The van der Waals surface area contributed by atoms with Crippen molar-refractivity contribution in [2.75, 3.05) is 13.1 Å². The fraction of sp³-hybridized carbons (Fsp3) is 0.429. The highest BCUT2D eigenvalue weighted by Gasteiger charge is 2.33. The van der Waals surface area contributed by atoms with Crippen LogP contribution in [0.4, 0.5) is 4.39 Å². The Balaban J connectivity index is 1.65. The van der Waals surface area contributed by atoms with Gasteiger partial charge in [-0.15, -0.1) is 0 Å². The lowest BCUT2D eigenvalue weighted by Gasteiger charge is -2.18. The second kappa shape index (κ2) is 4.99. The van der Waals surface area contributed by atoms with E-state index in [2.05, 4.69) is 5.16 Å². The number of oxime groups is 1. The van der Waals surface area contributed by atoms with Crippen molar-refractivity contribution in [3.8, 4) is 0 Å². The van der Waals surface area contributed by atoms with E-state index < -0.39 is 6.10 Å². The molecular weight excluding hydrogens is 247 g/mol. The Labute approximate surface area is 110 Å². The number of benzene rings is 1. The molecule has 1 aromatic carbocycles. The molecule has 2 aliphatic heterocycles. The minimum Gasteiger partial charge on any atom is -0.382 e. The number of carbonyl (C=O) groups is 1. The second-order valence-electron chi connectivity index (χ2n) is 4.88. The average molecular weight is 262 g/mol. The van der Waals surface area contributed by atoms with Crippen LogP contribution in [0.2, 0.25) is 0 Å². The van der Waals surface area contributed by atoms with E-state index in [1.807, 2.05) is 4.90 Å². The normalized spacial score (nSPS) is 22.3. The molecule has 4 nitrogen and oxygen atoms in total. The van der Waals surface area contributed by atoms with Gasteiger partial charge in [-0.25, -0.2) is 4.39 Å². The first-order valence-electron chi connectivity index (χ1n) is 6.51. The van der Waals surface area contributed by atoms with Crippen molar-refractivity contribution in [1.29, 1.82) is 0 Å². The average Bonchev–Trinajstić information content (AvgIpc) is 3.10. The molecule has 0 spiro atoms. The van der Waals surface area contributed by atoms with Gasteiger partial charge >= 0.3 is 0 Å². The van der Waals surface area contributed by atoms with E-state index in [9.17, 15) is 9.18 Å². The van der Waals surface area contributed by atoms with Gasteiger partial charge in [-0.05, 0) is 30.5 Å². The van der Waals surface area contributed by atoms with E-state index >= 15 is 0 Å². The van der Waals surface area contributed by atoms with Crippen LogP contribution in [-0.2, 0) is 9.63 Å². The summed E-state index contributed by atoms with van der Waals surface area (Å²) in [5, 5.41) is 3.96. The summed E-state index contributed by atoms with van der Waals surface area (Å²) in [6, 6.07) is 6.07. The molecule has 1 fully saturated rings. The quantitative estimate of drug-likeness (QED) is 0.817. The fourth-order valence-corrected chi connectivity index (χ4v) is 2.46. The van der Waals surface area contributed by atoms with Gasteiger partial charge < -0.3 is 9.74 Å². The van der Waals surface area contributed by atoms with Gasteiger partial charge in [0, 0.05) is 19.5 Å². The van der Waals surface area contributed by atoms with Crippen LogP contribution in [0.15, 0.2) is 29.4 Å². The van der Waals surface area contributed by atoms with E-state index in [0.717, 1.165) is 31.5 Å². The number of rotatable bonds is 2. The Morgan fingerprint density at radius 2 is 1.95 bits per heavy atom. The van der Waals surface area contributed by atoms with Gasteiger partial charge in [-0.3, -0.25) is 4.79 Å². The second-order valence-corrected chi connectivity index (χ2v) is 4.88. The van der Waals surface area contributed by atoms with Crippen LogP contribution in [0.3, 0.4) is 0 Å². The van der Waals surface area contributed by atoms with E-state index in [4.69, 9.17) is 4.84 Å². The first kappa shape index (κ1) is 12.1. The van der Waals surface area contributed by atoms with Gasteiger partial charge in [0.05, 0.1) is 5.71 Å². The number of hydrogen-bond acceptors (Lipinski definition) is 3. The molecule has 0 saturated carbocycles. The first-order valence-corrected chi connectivity index (χ1v) is 6.51. The SMILES string of the molecule is O=C(C1CC(c2ccc(F)cc2)=NO1)N1CCCC1. The third-order valence-electron chi connectivity index (χ3n) is 3.54. The molecule has 1 unspecified atom stereocenters. The van der Waals surface area contributed by atoms with Gasteiger partial charge in [0.15, 0.2) is 0 Å². The summed E-state index contributed by atoms with van der Waals surface area (Å²) in [7, 11) is 0. The molecule has 100 valence electrons. The van der Waals surface area contributed by atoms with E-state index in [1.165, 1.54) is 12.1 Å². The Hall–Kier alpha value is -1.91. The summed E-state index contributed by atoms with van der Waals surface area (Å²) in [6.07, 6.45) is 2.06. The lowest BCUT2D eigenvalue weighted by atomic mass is 10.0. The number of likely N-dealkylation sites (tertiary alicyclic amines) is 1. The monoisotopic (exact) mass is 262 g/mol. The van der Waals surface area contributed by atoms with Gasteiger partial charge in [0.1, 0.15) is 5.82 Å². The number of amides is 1. The summed E-state index contributed by atoms with van der Waals surface area (Å²) in [5.74, 6) is -0.272. The van der Waals surface area contributed by atoms with Crippen molar-refractivity contribution >= 4 is 11.6 Å². The molecule has 2 aliphatic rings. The Kier molecular flexibility index (Phi) is 3.19. The van der Waals surface area contributed by atoms with Crippen molar-refractivity contribution in [2.45, 2.75) is 25.4 Å². The van der Waals surface area contributed by atoms with Crippen molar-refractivity contribution in [3.05, 3.63) is 35.6 Å². The standard InChI is InChI=1S/C14H15FN2O2/c15-11-5-3-10(4-6-11)12-9-13(19-16-12)14(18)17-7-1-2-8-17/h3-6,13H,1-2,7-9H2. The Bertz CT molecular complexity index is 507. The third kappa shape index (κ3) is 2.45.